The number of hydrogen-bond donors (Lipinski definition) is 2. The van der Waals surface area contributed by atoms with Gasteiger partial charge in [0.05, 0.1) is 13.1 Å². The maximum absolute atomic E-state index is 12.5. The van der Waals surface area contributed by atoms with Crippen molar-refractivity contribution in [1.29, 1.82) is 0 Å². The van der Waals surface area contributed by atoms with Crippen LogP contribution in [0.2, 0.25) is 0 Å². The summed E-state index contributed by atoms with van der Waals surface area (Å²) in [6, 6.07) is 0. The lowest BCUT2D eigenvalue weighted by atomic mass is 10.2. The van der Waals surface area contributed by atoms with Crippen LogP contribution in [0, 0.1) is 5.92 Å². The van der Waals surface area contributed by atoms with Gasteiger partial charge in [0.15, 0.2) is 0 Å². The molecule has 18 heavy (non-hydrogen) atoms. The van der Waals surface area contributed by atoms with Gasteiger partial charge in [0, 0.05) is 18.9 Å². The lowest BCUT2D eigenvalue weighted by Gasteiger charge is -2.09. The van der Waals surface area contributed by atoms with E-state index in [-0.39, 0.29) is 24.8 Å². The molecule has 0 aromatic carbocycles. The van der Waals surface area contributed by atoms with E-state index in [1.807, 2.05) is 13.8 Å². The molecule has 1 aromatic rings. The molecular formula is C11H18F2N4O. The highest BCUT2D eigenvalue weighted by Gasteiger charge is 2.11. The minimum Gasteiger partial charge on any atom is -0.355 e. The normalized spacial score (nSPS) is 11.2. The number of alkyl halides is 2. The van der Waals surface area contributed by atoms with E-state index in [9.17, 15) is 13.6 Å². The van der Waals surface area contributed by atoms with Crippen LogP contribution in [0.15, 0.2) is 12.4 Å². The van der Waals surface area contributed by atoms with Crippen molar-refractivity contribution in [3.63, 3.8) is 0 Å². The number of carbonyl (C=O) groups excluding carboxylic acids is 1. The predicted molar refractivity (Wildman–Crippen MR) is 63.0 cm³/mol. The molecule has 0 atom stereocenters. The summed E-state index contributed by atoms with van der Waals surface area (Å²) in [5, 5.41) is 5.50. The summed E-state index contributed by atoms with van der Waals surface area (Å²) in [4.78, 5) is 15.1. The lowest BCUT2D eigenvalue weighted by Crippen LogP contribution is -2.35. The van der Waals surface area contributed by atoms with Gasteiger partial charge in [-0.2, -0.15) is 8.78 Å². The van der Waals surface area contributed by atoms with Gasteiger partial charge in [-0.3, -0.25) is 9.36 Å². The van der Waals surface area contributed by atoms with Crippen LogP contribution in [0.4, 0.5) is 8.78 Å². The molecule has 7 heteroatoms. The van der Waals surface area contributed by atoms with Crippen molar-refractivity contribution in [2.45, 2.75) is 26.9 Å². The maximum Gasteiger partial charge on any atom is 0.319 e. The quantitative estimate of drug-likeness (QED) is 0.773. The zero-order valence-corrected chi connectivity index (χ0v) is 10.5. The first-order valence-electron chi connectivity index (χ1n) is 5.78. The highest BCUT2D eigenvalue weighted by molar-refractivity contribution is 5.77. The summed E-state index contributed by atoms with van der Waals surface area (Å²) in [6.07, 6.45) is 2.52. The van der Waals surface area contributed by atoms with Crippen molar-refractivity contribution in [3.8, 4) is 0 Å². The van der Waals surface area contributed by atoms with E-state index in [2.05, 4.69) is 15.6 Å². The molecule has 0 aliphatic carbocycles. The smallest absolute Gasteiger partial charge is 0.319 e. The standard InChI is InChI=1S/C11H18F2N4O/c1-8(2)5-16-10(18)7-14-6-9-15-3-4-17(9)11(12)13/h3-4,8,11,14H,5-7H2,1-2H3,(H,16,18). The number of nitrogens with one attached hydrogen (secondary N) is 2. The first kappa shape index (κ1) is 14.6. The number of imidazole rings is 1. The van der Waals surface area contributed by atoms with E-state index in [0.717, 1.165) is 4.57 Å². The second-order valence-electron chi connectivity index (χ2n) is 4.33. The number of nitrogens with zero attached hydrogens (tertiary/aromatic N) is 2. The number of aromatic nitrogens is 2. The molecule has 1 aromatic heterocycles. The van der Waals surface area contributed by atoms with Gasteiger partial charge in [0.25, 0.3) is 0 Å². The molecule has 0 aliphatic heterocycles. The molecule has 102 valence electrons. The highest BCUT2D eigenvalue weighted by Crippen LogP contribution is 2.11. The van der Waals surface area contributed by atoms with E-state index in [1.54, 1.807) is 0 Å². The summed E-state index contributed by atoms with van der Waals surface area (Å²) >= 11 is 0. The fourth-order valence-corrected chi connectivity index (χ4v) is 1.33. The minimum absolute atomic E-state index is 0.0861. The number of hydrogen-bond acceptors (Lipinski definition) is 3. The zero-order valence-electron chi connectivity index (χ0n) is 10.5. The van der Waals surface area contributed by atoms with Gasteiger partial charge in [-0.25, -0.2) is 4.98 Å². The predicted octanol–water partition coefficient (Wildman–Crippen LogP) is 1.14. The van der Waals surface area contributed by atoms with Crippen LogP contribution >= 0.6 is 0 Å². The molecule has 0 saturated carbocycles. The lowest BCUT2D eigenvalue weighted by molar-refractivity contribution is -0.120. The SMILES string of the molecule is CC(C)CNC(=O)CNCc1nccn1C(F)F. The van der Waals surface area contributed by atoms with Gasteiger partial charge in [-0.05, 0) is 5.92 Å². The van der Waals surface area contributed by atoms with Crippen LogP contribution in [0.25, 0.3) is 0 Å². The Balaban J connectivity index is 2.29. The summed E-state index contributed by atoms with van der Waals surface area (Å²) in [6.45, 7) is 2.20. The molecule has 2 N–H and O–H groups in total. The van der Waals surface area contributed by atoms with Crippen LogP contribution in [-0.2, 0) is 11.3 Å². The van der Waals surface area contributed by atoms with Gasteiger partial charge in [-0.15, -0.1) is 0 Å². The first-order chi connectivity index (χ1) is 8.50. The van der Waals surface area contributed by atoms with Gasteiger partial charge >= 0.3 is 6.55 Å². The van der Waals surface area contributed by atoms with Gasteiger partial charge in [0.2, 0.25) is 5.91 Å². The zero-order chi connectivity index (χ0) is 13.5. The molecule has 0 spiro atoms. The average Bonchev–Trinajstić information content (AvgIpc) is 2.74. The Labute approximate surface area is 105 Å². The summed E-state index contributed by atoms with van der Waals surface area (Å²) < 4.78 is 25.7. The van der Waals surface area contributed by atoms with Crippen LogP contribution in [0.5, 0.6) is 0 Å². The van der Waals surface area contributed by atoms with Crippen molar-refractivity contribution < 1.29 is 13.6 Å². The number of rotatable bonds is 7. The highest BCUT2D eigenvalue weighted by atomic mass is 19.3. The van der Waals surface area contributed by atoms with Gasteiger partial charge in [-0.1, -0.05) is 13.8 Å². The fourth-order valence-electron chi connectivity index (χ4n) is 1.33. The number of carbonyl (C=O) groups is 1. The van der Waals surface area contributed by atoms with E-state index in [1.165, 1.54) is 12.4 Å². The second kappa shape index (κ2) is 7.05. The van der Waals surface area contributed by atoms with Gasteiger partial charge in [0.1, 0.15) is 5.82 Å². The van der Waals surface area contributed by atoms with Crippen LogP contribution in [0.3, 0.4) is 0 Å². The van der Waals surface area contributed by atoms with E-state index < -0.39 is 6.55 Å². The Morgan fingerprint density at radius 3 is 2.83 bits per heavy atom. The van der Waals surface area contributed by atoms with Crippen molar-refractivity contribution in [2.75, 3.05) is 13.1 Å². The molecule has 5 nitrogen and oxygen atoms in total. The molecule has 0 aliphatic rings. The molecule has 1 rings (SSSR count). The Hall–Kier alpha value is -1.50. The minimum atomic E-state index is -2.61. The molecule has 0 saturated heterocycles. The molecule has 0 radical (unpaired) electrons. The van der Waals surface area contributed by atoms with Crippen LogP contribution in [0.1, 0.15) is 26.2 Å². The van der Waals surface area contributed by atoms with Gasteiger partial charge < -0.3 is 10.6 Å². The van der Waals surface area contributed by atoms with Crippen molar-refractivity contribution in [1.82, 2.24) is 20.2 Å². The first-order valence-corrected chi connectivity index (χ1v) is 5.78. The maximum atomic E-state index is 12.5. The topological polar surface area (TPSA) is 59.0 Å². The molecule has 0 unspecified atom stereocenters. The molecule has 0 fully saturated rings. The van der Waals surface area contributed by atoms with Crippen molar-refractivity contribution in [3.05, 3.63) is 18.2 Å². The average molecular weight is 260 g/mol. The van der Waals surface area contributed by atoms with Crippen LogP contribution in [-0.4, -0.2) is 28.5 Å². The number of amides is 1. The van der Waals surface area contributed by atoms with Crippen molar-refractivity contribution in [2.24, 2.45) is 5.92 Å². The third kappa shape index (κ3) is 4.79. The van der Waals surface area contributed by atoms with E-state index in [0.29, 0.717) is 12.5 Å². The summed E-state index contributed by atoms with van der Waals surface area (Å²) in [5.74, 6) is 0.437. The number of halogens is 2. The third-order valence-electron chi connectivity index (χ3n) is 2.24. The molecular weight excluding hydrogens is 242 g/mol. The van der Waals surface area contributed by atoms with E-state index >= 15 is 0 Å². The third-order valence-corrected chi connectivity index (χ3v) is 2.24. The Morgan fingerprint density at radius 2 is 2.22 bits per heavy atom. The second-order valence-corrected chi connectivity index (χ2v) is 4.33. The van der Waals surface area contributed by atoms with Crippen LogP contribution < -0.4 is 10.6 Å². The monoisotopic (exact) mass is 260 g/mol. The molecule has 1 heterocycles. The Bertz CT molecular complexity index is 379. The summed E-state index contributed by atoms with van der Waals surface area (Å²) in [5.41, 5.74) is 0. The van der Waals surface area contributed by atoms with Crippen molar-refractivity contribution >= 4 is 5.91 Å². The molecule has 1 amide bonds. The Morgan fingerprint density at radius 1 is 1.50 bits per heavy atom. The molecule has 0 bridgehead atoms. The fraction of sp³-hybridized carbons (Fsp3) is 0.636. The summed E-state index contributed by atoms with van der Waals surface area (Å²) in [7, 11) is 0. The largest absolute Gasteiger partial charge is 0.355 e. The van der Waals surface area contributed by atoms with E-state index in [4.69, 9.17) is 0 Å². The Kier molecular flexibility index (Phi) is 5.70.